The first-order chi connectivity index (χ1) is 8.75. The number of aryl methyl sites for hydroxylation is 1. The van der Waals surface area contributed by atoms with Gasteiger partial charge in [0.05, 0.1) is 0 Å². The topological polar surface area (TPSA) is 59.1 Å². The minimum atomic E-state index is -4.59. The Balaban J connectivity index is 2.78. The fraction of sp³-hybridized carbons (Fsp3) is 0.417. The van der Waals surface area contributed by atoms with Gasteiger partial charge in [-0.3, -0.25) is 5.41 Å². The first-order valence-corrected chi connectivity index (χ1v) is 5.95. The molecule has 3 nitrogen and oxygen atoms in total. The standard InChI is InChI=1S/C12H14ClF3N2O/c1-2-7-5-8(3-4-10(7)13)19-6-9(11(17)18)12(14,15)16/h3-5,9H,2,6H2,1H3,(H3,17,18). The van der Waals surface area contributed by atoms with Crippen LogP contribution >= 0.6 is 11.6 Å². The zero-order valence-electron chi connectivity index (χ0n) is 10.2. The number of halogens is 4. The molecule has 0 spiro atoms. The van der Waals surface area contributed by atoms with Gasteiger partial charge in [0.2, 0.25) is 0 Å². The van der Waals surface area contributed by atoms with Gasteiger partial charge in [0.1, 0.15) is 24.1 Å². The normalized spacial score (nSPS) is 13.1. The highest BCUT2D eigenvalue weighted by atomic mass is 35.5. The van der Waals surface area contributed by atoms with E-state index in [4.69, 9.17) is 27.5 Å². The number of nitrogens with one attached hydrogen (secondary N) is 1. The highest BCUT2D eigenvalue weighted by molar-refractivity contribution is 6.31. The molecule has 1 atom stereocenters. The van der Waals surface area contributed by atoms with Gasteiger partial charge in [-0.15, -0.1) is 0 Å². The number of hydrogen-bond donors (Lipinski definition) is 2. The van der Waals surface area contributed by atoms with E-state index in [1.165, 1.54) is 6.07 Å². The molecule has 106 valence electrons. The van der Waals surface area contributed by atoms with Crippen LogP contribution < -0.4 is 10.5 Å². The maximum Gasteiger partial charge on any atom is 0.401 e. The fourth-order valence-corrected chi connectivity index (χ4v) is 1.70. The summed E-state index contributed by atoms with van der Waals surface area (Å²) in [7, 11) is 0. The van der Waals surface area contributed by atoms with Crippen LogP contribution in [0.25, 0.3) is 0 Å². The Hall–Kier alpha value is -1.43. The molecule has 0 fully saturated rings. The average Bonchev–Trinajstić information content (AvgIpc) is 2.29. The lowest BCUT2D eigenvalue weighted by atomic mass is 10.1. The lowest BCUT2D eigenvalue weighted by Gasteiger charge is -2.19. The molecule has 1 aromatic rings. The van der Waals surface area contributed by atoms with Crippen molar-refractivity contribution in [2.24, 2.45) is 11.7 Å². The largest absolute Gasteiger partial charge is 0.492 e. The van der Waals surface area contributed by atoms with E-state index in [-0.39, 0.29) is 5.75 Å². The Labute approximate surface area is 114 Å². The maximum atomic E-state index is 12.6. The maximum absolute atomic E-state index is 12.6. The van der Waals surface area contributed by atoms with Crippen LogP contribution in [0.15, 0.2) is 18.2 Å². The first kappa shape index (κ1) is 15.6. The van der Waals surface area contributed by atoms with E-state index >= 15 is 0 Å². The summed E-state index contributed by atoms with van der Waals surface area (Å²) in [6.07, 6.45) is -3.95. The molecule has 1 rings (SSSR count). The van der Waals surface area contributed by atoms with Crippen LogP contribution in [0.2, 0.25) is 5.02 Å². The van der Waals surface area contributed by atoms with Crippen LogP contribution in [0.3, 0.4) is 0 Å². The van der Waals surface area contributed by atoms with Crippen molar-refractivity contribution in [2.45, 2.75) is 19.5 Å². The van der Waals surface area contributed by atoms with E-state index in [0.717, 1.165) is 5.56 Å². The van der Waals surface area contributed by atoms with E-state index < -0.39 is 24.5 Å². The number of amidine groups is 1. The van der Waals surface area contributed by atoms with E-state index in [0.29, 0.717) is 11.4 Å². The Morgan fingerprint density at radius 3 is 2.58 bits per heavy atom. The van der Waals surface area contributed by atoms with Crippen molar-refractivity contribution >= 4 is 17.4 Å². The second-order valence-electron chi connectivity index (χ2n) is 3.97. The summed E-state index contributed by atoms with van der Waals surface area (Å²) in [5, 5.41) is 7.48. The highest BCUT2D eigenvalue weighted by Gasteiger charge is 2.42. The quantitative estimate of drug-likeness (QED) is 0.646. The Bertz CT molecular complexity index is 463. The second-order valence-corrected chi connectivity index (χ2v) is 4.37. The van der Waals surface area contributed by atoms with Crippen LogP contribution in [-0.2, 0) is 6.42 Å². The summed E-state index contributed by atoms with van der Waals surface area (Å²) in [6, 6.07) is 4.62. The van der Waals surface area contributed by atoms with E-state index in [1.54, 1.807) is 12.1 Å². The van der Waals surface area contributed by atoms with E-state index in [1.807, 2.05) is 6.92 Å². The van der Waals surface area contributed by atoms with Gasteiger partial charge in [-0.05, 0) is 30.2 Å². The summed E-state index contributed by atoms with van der Waals surface area (Å²) in [5.41, 5.74) is 5.71. The molecule has 0 saturated heterocycles. The van der Waals surface area contributed by atoms with Crippen molar-refractivity contribution in [2.75, 3.05) is 6.61 Å². The molecular weight excluding hydrogens is 281 g/mol. The van der Waals surface area contributed by atoms with Crippen molar-refractivity contribution in [1.82, 2.24) is 0 Å². The van der Waals surface area contributed by atoms with Gasteiger partial charge < -0.3 is 10.5 Å². The number of benzene rings is 1. The lowest BCUT2D eigenvalue weighted by Crippen LogP contribution is -2.39. The van der Waals surface area contributed by atoms with Crippen LogP contribution in [0.4, 0.5) is 13.2 Å². The molecular formula is C12H14ClF3N2O. The SMILES string of the molecule is CCc1cc(OCC(C(=N)N)C(F)(F)F)ccc1Cl. The number of nitrogens with two attached hydrogens (primary N) is 1. The minimum absolute atomic E-state index is 0.275. The molecule has 0 bridgehead atoms. The van der Waals surface area contributed by atoms with Gasteiger partial charge in [0.25, 0.3) is 0 Å². The first-order valence-electron chi connectivity index (χ1n) is 5.57. The summed E-state index contributed by atoms with van der Waals surface area (Å²) < 4.78 is 42.7. The monoisotopic (exact) mass is 294 g/mol. The summed E-state index contributed by atoms with van der Waals surface area (Å²) in [5.74, 6) is -2.79. The van der Waals surface area contributed by atoms with Gasteiger partial charge in [-0.2, -0.15) is 13.2 Å². The highest BCUT2D eigenvalue weighted by Crippen LogP contribution is 2.28. The number of hydrogen-bond acceptors (Lipinski definition) is 2. The molecule has 0 aliphatic carbocycles. The van der Waals surface area contributed by atoms with Crippen molar-refractivity contribution < 1.29 is 17.9 Å². The van der Waals surface area contributed by atoms with Crippen molar-refractivity contribution in [3.8, 4) is 5.75 Å². The van der Waals surface area contributed by atoms with Crippen molar-refractivity contribution in [1.29, 1.82) is 5.41 Å². The van der Waals surface area contributed by atoms with Crippen LogP contribution in [0.5, 0.6) is 5.75 Å². The van der Waals surface area contributed by atoms with Gasteiger partial charge in [0.15, 0.2) is 0 Å². The molecule has 1 aromatic carbocycles. The Kier molecular flexibility index (Phi) is 5.05. The predicted molar refractivity (Wildman–Crippen MR) is 67.8 cm³/mol. The van der Waals surface area contributed by atoms with E-state index in [9.17, 15) is 13.2 Å². The van der Waals surface area contributed by atoms with Gasteiger partial charge in [-0.25, -0.2) is 0 Å². The number of rotatable bonds is 5. The molecule has 0 aromatic heterocycles. The van der Waals surface area contributed by atoms with Crippen LogP contribution in [-0.4, -0.2) is 18.6 Å². The lowest BCUT2D eigenvalue weighted by molar-refractivity contribution is -0.162. The average molecular weight is 295 g/mol. The zero-order valence-corrected chi connectivity index (χ0v) is 11.0. The van der Waals surface area contributed by atoms with Gasteiger partial charge in [-0.1, -0.05) is 18.5 Å². The molecule has 0 aliphatic rings. The van der Waals surface area contributed by atoms with Crippen LogP contribution in [0, 0.1) is 11.3 Å². The van der Waals surface area contributed by atoms with Gasteiger partial charge in [0, 0.05) is 5.02 Å². The summed E-state index contributed by atoms with van der Waals surface area (Å²) in [4.78, 5) is 0. The zero-order chi connectivity index (χ0) is 14.6. The third kappa shape index (κ3) is 4.31. The minimum Gasteiger partial charge on any atom is -0.492 e. The van der Waals surface area contributed by atoms with Crippen molar-refractivity contribution in [3.63, 3.8) is 0 Å². The smallest absolute Gasteiger partial charge is 0.401 e. The fourth-order valence-electron chi connectivity index (χ4n) is 1.45. The van der Waals surface area contributed by atoms with Gasteiger partial charge >= 0.3 is 6.18 Å². The Morgan fingerprint density at radius 1 is 1.47 bits per heavy atom. The number of ether oxygens (including phenoxy) is 1. The molecule has 0 heterocycles. The third-order valence-electron chi connectivity index (χ3n) is 2.59. The number of alkyl halides is 3. The molecule has 3 N–H and O–H groups in total. The van der Waals surface area contributed by atoms with E-state index in [2.05, 4.69) is 0 Å². The predicted octanol–water partition coefficient (Wildman–Crippen LogP) is 3.40. The molecule has 0 aliphatic heterocycles. The molecule has 0 radical (unpaired) electrons. The Morgan fingerprint density at radius 2 is 2.11 bits per heavy atom. The molecule has 19 heavy (non-hydrogen) atoms. The molecule has 7 heteroatoms. The summed E-state index contributed by atoms with van der Waals surface area (Å²) in [6.45, 7) is 1.16. The molecule has 0 saturated carbocycles. The molecule has 1 unspecified atom stereocenters. The molecule has 0 amide bonds. The second kappa shape index (κ2) is 6.14. The van der Waals surface area contributed by atoms with Crippen molar-refractivity contribution in [3.05, 3.63) is 28.8 Å². The van der Waals surface area contributed by atoms with Crippen LogP contribution in [0.1, 0.15) is 12.5 Å². The summed E-state index contributed by atoms with van der Waals surface area (Å²) >= 11 is 5.89. The third-order valence-corrected chi connectivity index (χ3v) is 2.95.